The van der Waals surface area contributed by atoms with Crippen molar-refractivity contribution in [1.82, 2.24) is 0 Å². The summed E-state index contributed by atoms with van der Waals surface area (Å²) in [7, 11) is 0. The summed E-state index contributed by atoms with van der Waals surface area (Å²) in [6.07, 6.45) is 4.21. The topological polar surface area (TPSA) is 66.8 Å². The van der Waals surface area contributed by atoms with Gasteiger partial charge in [0.1, 0.15) is 17.3 Å². The van der Waals surface area contributed by atoms with Crippen LogP contribution in [0.3, 0.4) is 0 Å². The highest BCUT2D eigenvalue weighted by Gasteiger charge is 2.36. The number of benzene rings is 2. The van der Waals surface area contributed by atoms with E-state index < -0.39 is 5.97 Å². The lowest BCUT2D eigenvalue weighted by molar-refractivity contribution is 0.0697. The van der Waals surface area contributed by atoms with Crippen LogP contribution in [0.4, 0.5) is 0 Å². The fraction of sp³-hybridized carbons (Fsp3) is 0.227. The molecule has 26 heavy (non-hydrogen) atoms. The standard InChI is InChI=1S/C22H20O4/c1-12-3-8-17-13(2)26-20-11-16(10-19(23)21(20)18(17)9-12)14-4-6-15(7-5-14)22(24)25/h4-7,9-11,17-18,23H,2-3,8H2,1H3,(H,24,25)/t17-,18?/m0/s1. The summed E-state index contributed by atoms with van der Waals surface area (Å²) in [5.41, 5.74) is 3.96. The SMILES string of the molecule is C=C1Oc2cc(-c3ccc(C(=O)O)cc3)cc(O)c2C2C=C(C)CC[C@@H]12. The lowest BCUT2D eigenvalue weighted by Gasteiger charge is -2.37. The van der Waals surface area contributed by atoms with Crippen molar-refractivity contribution in [1.29, 1.82) is 0 Å². The van der Waals surface area contributed by atoms with E-state index >= 15 is 0 Å². The lowest BCUT2D eigenvalue weighted by atomic mass is 9.74. The Morgan fingerprint density at radius 2 is 1.92 bits per heavy atom. The van der Waals surface area contributed by atoms with E-state index in [2.05, 4.69) is 19.6 Å². The van der Waals surface area contributed by atoms with Crippen LogP contribution in [0, 0.1) is 5.92 Å². The number of ether oxygens (including phenoxy) is 1. The van der Waals surface area contributed by atoms with E-state index in [0.717, 1.165) is 35.3 Å². The number of phenols is 1. The van der Waals surface area contributed by atoms with E-state index in [1.807, 2.05) is 6.07 Å². The van der Waals surface area contributed by atoms with Gasteiger partial charge in [0.25, 0.3) is 0 Å². The highest BCUT2D eigenvalue weighted by Crippen LogP contribution is 2.51. The van der Waals surface area contributed by atoms with Crippen LogP contribution in [0.15, 0.2) is 60.4 Å². The average molecular weight is 348 g/mol. The Morgan fingerprint density at radius 1 is 1.19 bits per heavy atom. The molecule has 1 aliphatic carbocycles. The molecule has 4 rings (SSSR count). The fourth-order valence-corrected chi connectivity index (χ4v) is 3.93. The van der Waals surface area contributed by atoms with Crippen molar-refractivity contribution in [3.63, 3.8) is 0 Å². The van der Waals surface area contributed by atoms with Crippen LogP contribution in [-0.2, 0) is 0 Å². The summed E-state index contributed by atoms with van der Waals surface area (Å²) in [5.74, 6) is 0.882. The molecule has 0 aromatic heterocycles. The molecule has 0 radical (unpaired) electrons. The molecule has 0 amide bonds. The maximum atomic E-state index is 11.0. The monoisotopic (exact) mass is 348 g/mol. The zero-order valence-electron chi connectivity index (χ0n) is 14.5. The highest BCUT2D eigenvalue weighted by molar-refractivity contribution is 5.88. The molecular weight excluding hydrogens is 328 g/mol. The van der Waals surface area contributed by atoms with E-state index in [9.17, 15) is 9.90 Å². The minimum atomic E-state index is -0.963. The van der Waals surface area contributed by atoms with Crippen LogP contribution < -0.4 is 4.74 Å². The molecule has 2 atom stereocenters. The normalized spacial score (nSPS) is 21.3. The lowest BCUT2D eigenvalue weighted by Crippen LogP contribution is -2.25. The van der Waals surface area contributed by atoms with Crippen LogP contribution in [0.1, 0.15) is 41.6 Å². The summed E-state index contributed by atoms with van der Waals surface area (Å²) in [6.45, 7) is 6.20. The number of aromatic hydroxyl groups is 1. The van der Waals surface area contributed by atoms with Crippen molar-refractivity contribution in [3.05, 3.63) is 71.5 Å². The number of carbonyl (C=O) groups is 1. The predicted molar refractivity (Wildman–Crippen MR) is 99.5 cm³/mol. The molecular formula is C22H20O4. The number of hydrogen-bond acceptors (Lipinski definition) is 3. The molecule has 2 N–H and O–H groups in total. The first-order valence-corrected chi connectivity index (χ1v) is 8.68. The molecule has 0 fully saturated rings. The van der Waals surface area contributed by atoms with Crippen molar-refractivity contribution in [2.24, 2.45) is 5.92 Å². The quantitative estimate of drug-likeness (QED) is 0.741. The molecule has 0 saturated heterocycles. The summed E-state index contributed by atoms with van der Waals surface area (Å²) < 4.78 is 5.96. The molecule has 1 unspecified atom stereocenters. The maximum absolute atomic E-state index is 11.0. The molecule has 0 saturated carbocycles. The van der Waals surface area contributed by atoms with E-state index in [1.54, 1.807) is 30.3 Å². The molecule has 2 aliphatic rings. The van der Waals surface area contributed by atoms with Crippen LogP contribution in [0.5, 0.6) is 11.5 Å². The molecule has 2 aromatic carbocycles. The van der Waals surface area contributed by atoms with Crippen LogP contribution in [0.25, 0.3) is 11.1 Å². The van der Waals surface area contributed by atoms with E-state index in [4.69, 9.17) is 9.84 Å². The van der Waals surface area contributed by atoms with Crippen molar-refractivity contribution in [2.45, 2.75) is 25.7 Å². The highest BCUT2D eigenvalue weighted by atomic mass is 16.5. The Bertz CT molecular complexity index is 937. The first-order chi connectivity index (χ1) is 12.4. The number of aromatic carboxylic acids is 1. The number of rotatable bonds is 2. The second-order valence-electron chi connectivity index (χ2n) is 7.04. The number of carboxylic acids is 1. The van der Waals surface area contributed by atoms with Gasteiger partial charge in [0, 0.05) is 17.4 Å². The Labute approximate surface area is 152 Å². The van der Waals surface area contributed by atoms with Gasteiger partial charge in [0.2, 0.25) is 0 Å². The Morgan fingerprint density at radius 3 is 2.62 bits per heavy atom. The number of carboxylic acid groups (broad SMARTS) is 1. The van der Waals surface area contributed by atoms with Gasteiger partial charge in [-0.05, 0) is 55.2 Å². The molecule has 4 heteroatoms. The van der Waals surface area contributed by atoms with Crippen molar-refractivity contribution >= 4 is 5.97 Å². The van der Waals surface area contributed by atoms with Gasteiger partial charge in [-0.1, -0.05) is 30.4 Å². The Hall–Kier alpha value is -3.01. The number of hydrogen-bond donors (Lipinski definition) is 2. The number of phenolic OH excluding ortho intramolecular Hbond substituents is 1. The molecule has 132 valence electrons. The predicted octanol–water partition coefficient (Wildman–Crippen LogP) is 5.10. The van der Waals surface area contributed by atoms with Gasteiger partial charge in [-0.3, -0.25) is 0 Å². The third-order valence-corrected chi connectivity index (χ3v) is 5.32. The average Bonchev–Trinajstić information content (AvgIpc) is 2.61. The van der Waals surface area contributed by atoms with E-state index in [1.165, 1.54) is 5.57 Å². The second kappa shape index (κ2) is 6.06. The van der Waals surface area contributed by atoms with Gasteiger partial charge in [-0.2, -0.15) is 0 Å². The number of allylic oxidation sites excluding steroid dienone is 3. The summed E-state index contributed by atoms with van der Waals surface area (Å²) in [5, 5.41) is 19.8. The molecule has 1 heterocycles. The Kier molecular flexibility index (Phi) is 3.83. The van der Waals surface area contributed by atoms with Crippen LogP contribution >= 0.6 is 0 Å². The first-order valence-electron chi connectivity index (χ1n) is 8.68. The number of fused-ring (bicyclic) bond motifs is 3. The third-order valence-electron chi connectivity index (χ3n) is 5.32. The molecule has 0 spiro atoms. The van der Waals surface area contributed by atoms with Crippen LogP contribution in [-0.4, -0.2) is 16.2 Å². The third kappa shape index (κ3) is 2.68. The molecule has 1 aliphatic heterocycles. The van der Waals surface area contributed by atoms with Crippen molar-refractivity contribution in [3.8, 4) is 22.6 Å². The maximum Gasteiger partial charge on any atom is 0.335 e. The largest absolute Gasteiger partial charge is 0.507 e. The van der Waals surface area contributed by atoms with Gasteiger partial charge in [0.15, 0.2) is 0 Å². The van der Waals surface area contributed by atoms with Gasteiger partial charge in [-0.15, -0.1) is 0 Å². The summed E-state index contributed by atoms with van der Waals surface area (Å²) >= 11 is 0. The minimum absolute atomic E-state index is 0.0865. The van der Waals surface area contributed by atoms with Gasteiger partial charge < -0.3 is 14.9 Å². The summed E-state index contributed by atoms with van der Waals surface area (Å²) in [6, 6.07) is 10.2. The van der Waals surface area contributed by atoms with Gasteiger partial charge in [0.05, 0.1) is 5.56 Å². The van der Waals surface area contributed by atoms with Gasteiger partial charge >= 0.3 is 5.97 Å². The smallest absolute Gasteiger partial charge is 0.335 e. The minimum Gasteiger partial charge on any atom is -0.507 e. The van der Waals surface area contributed by atoms with Crippen molar-refractivity contribution in [2.75, 3.05) is 0 Å². The van der Waals surface area contributed by atoms with Crippen LogP contribution in [0.2, 0.25) is 0 Å². The molecule has 2 aromatic rings. The van der Waals surface area contributed by atoms with E-state index in [0.29, 0.717) is 5.75 Å². The van der Waals surface area contributed by atoms with Gasteiger partial charge in [-0.25, -0.2) is 4.79 Å². The second-order valence-corrected chi connectivity index (χ2v) is 7.04. The van der Waals surface area contributed by atoms with Crippen molar-refractivity contribution < 1.29 is 19.7 Å². The molecule has 4 nitrogen and oxygen atoms in total. The molecule has 0 bridgehead atoms. The fourth-order valence-electron chi connectivity index (χ4n) is 3.93. The zero-order valence-corrected chi connectivity index (χ0v) is 14.5. The first kappa shape index (κ1) is 16.5. The zero-order chi connectivity index (χ0) is 18.4. The Balaban J connectivity index is 1.79. The summed E-state index contributed by atoms with van der Waals surface area (Å²) in [4.78, 5) is 11.0. The van der Waals surface area contributed by atoms with E-state index in [-0.39, 0.29) is 23.1 Å².